The number of benzene rings is 2. The normalized spacial score (nSPS) is 25.8. The van der Waals surface area contributed by atoms with Gasteiger partial charge in [-0.3, -0.25) is 24.6 Å². The number of nitrogens with one attached hydrogen (secondary N) is 2. The van der Waals surface area contributed by atoms with E-state index in [2.05, 4.69) is 43.2 Å². The van der Waals surface area contributed by atoms with Crippen LogP contribution >= 0.6 is 0 Å². The number of allylic oxidation sites excluding steroid dienone is 1. The first-order chi connectivity index (χ1) is 26.6. The second-order valence-electron chi connectivity index (χ2n) is 16.1. The summed E-state index contributed by atoms with van der Waals surface area (Å²) < 4.78 is 14.1. The van der Waals surface area contributed by atoms with Crippen molar-refractivity contribution in [3.63, 3.8) is 0 Å². The SMILES string of the molecule is CCN(C1CCN(CC2CCN(c3ccc4c(c3)C(=O)N(C3CCC(=O)NC3=O)C4)CC2)CC1)C1CC2CNC(N)=C(/C=C(\N)c3cccc(F)c3O)N2C1. The molecule has 14 heteroatoms. The van der Waals surface area contributed by atoms with E-state index >= 15 is 0 Å². The number of hydrogen-bond donors (Lipinski definition) is 5. The molecule has 0 spiro atoms. The van der Waals surface area contributed by atoms with Gasteiger partial charge in [-0.15, -0.1) is 0 Å². The third-order valence-corrected chi connectivity index (χ3v) is 13.0. The summed E-state index contributed by atoms with van der Waals surface area (Å²) in [6.45, 7) is 10.4. The Labute approximate surface area is 322 Å². The number of halogens is 1. The zero-order chi connectivity index (χ0) is 38.4. The van der Waals surface area contributed by atoms with Gasteiger partial charge in [0.25, 0.3) is 5.91 Å². The van der Waals surface area contributed by atoms with Gasteiger partial charge in [0, 0.05) is 86.3 Å². The van der Waals surface area contributed by atoms with Crippen molar-refractivity contribution in [3.8, 4) is 5.75 Å². The number of anilines is 1. The molecule has 8 rings (SSSR count). The van der Waals surface area contributed by atoms with Crippen molar-refractivity contribution >= 4 is 29.1 Å². The average Bonchev–Trinajstić information content (AvgIpc) is 3.76. The van der Waals surface area contributed by atoms with E-state index in [-0.39, 0.29) is 41.4 Å². The minimum atomic E-state index is -0.707. The Morgan fingerprint density at radius 2 is 1.80 bits per heavy atom. The monoisotopic (exact) mass is 755 g/mol. The number of rotatable bonds is 9. The summed E-state index contributed by atoms with van der Waals surface area (Å²) in [6.07, 6.45) is 7.90. The zero-order valence-corrected chi connectivity index (χ0v) is 31.7. The molecule has 6 aliphatic heterocycles. The minimum Gasteiger partial charge on any atom is -0.504 e. The molecule has 3 unspecified atom stereocenters. The number of carbonyl (C=O) groups excluding carboxylic acids is 3. The summed E-state index contributed by atoms with van der Waals surface area (Å²) in [5, 5.41) is 16.0. The molecule has 0 bridgehead atoms. The molecule has 7 N–H and O–H groups in total. The van der Waals surface area contributed by atoms with Crippen LogP contribution in [0.3, 0.4) is 0 Å². The number of likely N-dealkylation sites (tertiary alicyclic amines) is 1. The highest BCUT2D eigenvalue weighted by Gasteiger charge is 2.42. The van der Waals surface area contributed by atoms with Crippen molar-refractivity contribution in [1.82, 2.24) is 30.2 Å². The van der Waals surface area contributed by atoms with Crippen molar-refractivity contribution in [2.45, 2.75) is 82.6 Å². The van der Waals surface area contributed by atoms with E-state index in [0.29, 0.717) is 42.4 Å². The number of phenols is 1. The number of amides is 3. The maximum absolute atomic E-state index is 14.1. The van der Waals surface area contributed by atoms with Crippen LogP contribution in [0.2, 0.25) is 0 Å². The molecule has 6 aliphatic rings. The van der Waals surface area contributed by atoms with Gasteiger partial charge < -0.3 is 41.5 Å². The lowest BCUT2D eigenvalue weighted by Gasteiger charge is -2.42. The molecule has 0 saturated carbocycles. The molecule has 2 aromatic rings. The Balaban J connectivity index is 0.818. The first kappa shape index (κ1) is 37.1. The Bertz CT molecular complexity index is 1890. The lowest BCUT2D eigenvalue weighted by molar-refractivity contribution is -0.136. The fraction of sp³-hybridized carbons (Fsp3) is 0.537. The van der Waals surface area contributed by atoms with Crippen molar-refractivity contribution < 1.29 is 23.9 Å². The Kier molecular flexibility index (Phi) is 10.4. The van der Waals surface area contributed by atoms with Gasteiger partial charge in [0.2, 0.25) is 11.8 Å². The average molecular weight is 756 g/mol. The number of fused-ring (bicyclic) bond motifs is 2. The fourth-order valence-electron chi connectivity index (χ4n) is 9.95. The lowest BCUT2D eigenvalue weighted by atomic mass is 9.93. The highest BCUT2D eigenvalue weighted by atomic mass is 19.1. The van der Waals surface area contributed by atoms with Crippen LogP contribution < -0.4 is 27.0 Å². The molecule has 4 fully saturated rings. The van der Waals surface area contributed by atoms with Crippen molar-refractivity contribution in [3.05, 3.63) is 76.5 Å². The quantitative estimate of drug-likeness (QED) is 0.239. The van der Waals surface area contributed by atoms with Crippen LogP contribution in [0.5, 0.6) is 5.75 Å². The number of aromatic hydroxyl groups is 1. The molecule has 6 heterocycles. The van der Waals surface area contributed by atoms with Crippen LogP contribution in [0.4, 0.5) is 10.1 Å². The van der Waals surface area contributed by atoms with Crippen LogP contribution in [-0.4, -0.2) is 119 Å². The van der Waals surface area contributed by atoms with Crippen LogP contribution in [0.25, 0.3) is 5.70 Å². The number of nitrogens with two attached hydrogens (primary N) is 2. The van der Waals surface area contributed by atoms with Gasteiger partial charge in [-0.05, 0) is 100.0 Å². The van der Waals surface area contributed by atoms with E-state index in [0.717, 1.165) is 101 Å². The molecule has 2 aromatic carbocycles. The summed E-state index contributed by atoms with van der Waals surface area (Å²) >= 11 is 0. The highest BCUT2D eigenvalue weighted by Crippen LogP contribution is 2.35. The standard InChI is InChI=1S/C41H54FN9O4/c1-2-49(30-18-29-21-45-39(44)36(50(29)24-30)20-34(43)31-4-3-5-33(42)38(31)53)27-12-14-47(15-13-27)22-25-10-16-48(17-11-25)28-7-6-26-23-51(41(55)32(26)19-28)35-8-9-37(52)46-40(35)54/h3-7,19-20,25,27,29-30,35,45,53H,2,8-18,21-24,43-44H2,1H3,(H,46,52,54)/b34-20-. The third kappa shape index (κ3) is 7.33. The Hall–Kier alpha value is -4.82. The number of nitrogens with zero attached hydrogens (tertiary/aromatic N) is 5. The Morgan fingerprint density at radius 1 is 1.02 bits per heavy atom. The van der Waals surface area contributed by atoms with Crippen molar-refractivity contribution in [2.24, 2.45) is 17.4 Å². The van der Waals surface area contributed by atoms with Crippen molar-refractivity contribution in [1.29, 1.82) is 0 Å². The molecule has 3 atom stereocenters. The number of phenolic OH excluding ortho intramolecular Hbond substituents is 1. The van der Waals surface area contributed by atoms with Gasteiger partial charge in [-0.1, -0.05) is 19.1 Å². The number of piperidine rings is 3. The van der Waals surface area contributed by atoms with Gasteiger partial charge in [-0.25, -0.2) is 4.39 Å². The fourth-order valence-corrected chi connectivity index (χ4v) is 9.95. The molecule has 4 saturated heterocycles. The van der Waals surface area contributed by atoms with Crippen LogP contribution in [0.15, 0.2) is 54.0 Å². The number of imide groups is 1. The smallest absolute Gasteiger partial charge is 0.255 e. The van der Waals surface area contributed by atoms with Crippen LogP contribution in [-0.2, 0) is 16.1 Å². The number of para-hydroxylation sites is 1. The maximum Gasteiger partial charge on any atom is 0.255 e. The second-order valence-corrected chi connectivity index (χ2v) is 16.1. The molecule has 3 amide bonds. The zero-order valence-electron chi connectivity index (χ0n) is 31.7. The second kappa shape index (κ2) is 15.4. The van der Waals surface area contributed by atoms with E-state index in [4.69, 9.17) is 11.5 Å². The predicted molar refractivity (Wildman–Crippen MR) is 208 cm³/mol. The first-order valence-corrected chi connectivity index (χ1v) is 20.0. The summed E-state index contributed by atoms with van der Waals surface area (Å²) in [5.41, 5.74) is 16.8. The van der Waals surface area contributed by atoms with Gasteiger partial charge >= 0.3 is 0 Å². The molecule has 55 heavy (non-hydrogen) atoms. The third-order valence-electron chi connectivity index (χ3n) is 13.0. The molecular formula is C41H54FN9O4. The maximum atomic E-state index is 14.1. The topological polar surface area (TPSA) is 164 Å². The van der Waals surface area contributed by atoms with E-state index in [1.165, 1.54) is 12.1 Å². The van der Waals surface area contributed by atoms with Gasteiger partial charge in [0.1, 0.15) is 11.9 Å². The molecule has 0 radical (unpaired) electrons. The molecular weight excluding hydrogens is 702 g/mol. The van der Waals surface area contributed by atoms with Crippen LogP contribution in [0.1, 0.15) is 73.4 Å². The lowest BCUT2D eigenvalue weighted by Crippen LogP contribution is -2.52. The number of hydrogen-bond acceptors (Lipinski definition) is 11. The van der Waals surface area contributed by atoms with E-state index in [1.807, 2.05) is 12.1 Å². The largest absolute Gasteiger partial charge is 0.504 e. The molecule has 13 nitrogen and oxygen atoms in total. The number of carbonyl (C=O) groups is 3. The predicted octanol–water partition coefficient (Wildman–Crippen LogP) is 2.47. The van der Waals surface area contributed by atoms with Crippen LogP contribution in [0, 0.1) is 11.7 Å². The Morgan fingerprint density at radius 3 is 2.55 bits per heavy atom. The number of likely N-dealkylation sites (N-methyl/N-ethyl adjacent to an activating group) is 1. The molecule has 0 aromatic heterocycles. The summed E-state index contributed by atoms with van der Waals surface area (Å²) in [6, 6.07) is 11.1. The highest BCUT2D eigenvalue weighted by molar-refractivity contribution is 6.05. The summed E-state index contributed by atoms with van der Waals surface area (Å²) in [4.78, 5) is 49.2. The summed E-state index contributed by atoms with van der Waals surface area (Å²) in [5.74, 6) is -0.768. The van der Waals surface area contributed by atoms with Gasteiger partial charge in [-0.2, -0.15) is 0 Å². The van der Waals surface area contributed by atoms with E-state index in [9.17, 15) is 23.9 Å². The van der Waals surface area contributed by atoms with Gasteiger partial charge in [0.05, 0.1) is 5.70 Å². The molecule has 0 aliphatic carbocycles. The van der Waals surface area contributed by atoms with E-state index in [1.54, 1.807) is 17.0 Å². The van der Waals surface area contributed by atoms with E-state index < -0.39 is 17.6 Å². The molecule has 294 valence electrons. The first-order valence-electron chi connectivity index (χ1n) is 20.0. The van der Waals surface area contributed by atoms with Crippen molar-refractivity contribution in [2.75, 3.05) is 57.3 Å². The van der Waals surface area contributed by atoms with Gasteiger partial charge in [0.15, 0.2) is 11.6 Å². The minimum absolute atomic E-state index is 0.125. The summed E-state index contributed by atoms with van der Waals surface area (Å²) in [7, 11) is 0.